The number of nitrogens with one attached hydrogen (secondary N) is 4. The molecule has 9 heteroatoms. The molecule has 1 amide bonds. The lowest BCUT2D eigenvalue weighted by molar-refractivity contribution is 0.101. The molecule has 0 saturated carbocycles. The molecular weight excluding hydrogens is 340 g/mol. The van der Waals surface area contributed by atoms with Crippen LogP contribution in [-0.2, 0) is 6.42 Å². The van der Waals surface area contributed by atoms with Gasteiger partial charge >= 0.3 is 5.69 Å². The van der Waals surface area contributed by atoms with Gasteiger partial charge in [-0.3, -0.25) is 9.89 Å². The number of nitrogens with zero attached hydrogens (tertiary/aromatic N) is 2. The van der Waals surface area contributed by atoms with Crippen LogP contribution in [0, 0.1) is 0 Å². The lowest BCUT2D eigenvalue weighted by Gasteiger charge is -2.05. The number of rotatable bonds is 3. The maximum atomic E-state index is 12.1. The van der Waals surface area contributed by atoms with E-state index in [1.807, 2.05) is 6.92 Å². The van der Waals surface area contributed by atoms with Crippen molar-refractivity contribution in [2.24, 2.45) is 0 Å². The second-order valence-corrected chi connectivity index (χ2v) is 5.22. The van der Waals surface area contributed by atoms with Crippen LogP contribution in [0.25, 0.3) is 11.0 Å². The topological polar surface area (TPSA) is 119 Å². The SMILES string of the molecule is CCc1nc(C(=O)Nc2cc3[nH]c(=O)[nH]c3cc2Br)n[nH]1. The minimum atomic E-state index is -0.427. The predicted octanol–water partition coefficient (Wildman–Crippen LogP) is 1.55. The van der Waals surface area contributed by atoms with Crippen molar-refractivity contribution >= 4 is 38.6 Å². The average Bonchev–Trinajstić information content (AvgIpc) is 3.04. The first-order valence-corrected chi connectivity index (χ1v) is 7.00. The van der Waals surface area contributed by atoms with Crippen LogP contribution in [0.15, 0.2) is 21.4 Å². The Morgan fingerprint density at radius 3 is 2.71 bits per heavy atom. The van der Waals surface area contributed by atoms with Gasteiger partial charge in [0.15, 0.2) is 0 Å². The van der Waals surface area contributed by atoms with Crippen molar-refractivity contribution in [2.75, 3.05) is 5.32 Å². The lowest BCUT2D eigenvalue weighted by Crippen LogP contribution is -2.14. The average molecular weight is 351 g/mol. The van der Waals surface area contributed by atoms with E-state index in [4.69, 9.17) is 0 Å². The molecule has 8 nitrogen and oxygen atoms in total. The predicted molar refractivity (Wildman–Crippen MR) is 80.3 cm³/mol. The van der Waals surface area contributed by atoms with Crippen molar-refractivity contribution in [1.82, 2.24) is 25.1 Å². The molecule has 4 N–H and O–H groups in total. The Morgan fingerprint density at radius 1 is 1.33 bits per heavy atom. The Kier molecular flexibility index (Phi) is 3.34. The van der Waals surface area contributed by atoms with Crippen LogP contribution < -0.4 is 11.0 Å². The van der Waals surface area contributed by atoms with Gasteiger partial charge in [-0.25, -0.2) is 9.78 Å². The van der Waals surface area contributed by atoms with Gasteiger partial charge in [-0.1, -0.05) is 6.92 Å². The first-order valence-electron chi connectivity index (χ1n) is 6.21. The van der Waals surface area contributed by atoms with E-state index in [0.29, 0.717) is 33.4 Å². The monoisotopic (exact) mass is 350 g/mol. The number of carbonyl (C=O) groups excluding carboxylic acids is 1. The number of aromatic nitrogens is 5. The quantitative estimate of drug-likeness (QED) is 0.572. The molecule has 3 aromatic rings. The van der Waals surface area contributed by atoms with Crippen molar-refractivity contribution in [2.45, 2.75) is 13.3 Å². The standard InChI is InChI=1S/C12H11BrN6O2/c1-2-9-17-10(19-18-9)11(20)14-6-4-8-7(3-5(6)13)15-12(21)16-8/h3-4H,2H2,1H3,(H,14,20)(H2,15,16,21)(H,17,18,19). The summed E-state index contributed by atoms with van der Waals surface area (Å²) in [7, 11) is 0. The van der Waals surface area contributed by atoms with E-state index >= 15 is 0 Å². The number of fused-ring (bicyclic) bond motifs is 1. The molecule has 1 aromatic carbocycles. The zero-order chi connectivity index (χ0) is 15.0. The molecule has 0 atom stereocenters. The summed E-state index contributed by atoms with van der Waals surface area (Å²) in [5.74, 6) is 0.287. The molecule has 0 aliphatic carbocycles. The molecule has 0 bridgehead atoms. The second-order valence-electron chi connectivity index (χ2n) is 4.37. The molecular formula is C12H11BrN6O2. The number of anilines is 1. The third kappa shape index (κ3) is 2.59. The molecule has 0 unspecified atom stereocenters. The largest absolute Gasteiger partial charge is 0.323 e. The van der Waals surface area contributed by atoms with E-state index in [9.17, 15) is 9.59 Å². The molecule has 0 aliphatic heterocycles. The number of imidazole rings is 1. The third-order valence-corrected chi connectivity index (χ3v) is 3.58. The molecule has 0 aliphatic rings. The first-order chi connectivity index (χ1) is 10.1. The fraction of sp³-hybridized carbons (Fsp3) is 0.167. The highest BCUT2D eigenvalue weighted by atomic mass is 79.9. The van der Waals surface area contributed by atoms with Crippen LogP contribution >= 0.6 is 15.9 Å². The van der Waals surface area contributed by atoms with Crippen molar-refractivity contribution in [3.05, 3.63) is 38.7 Å². The Morgan fingerprint density at radius 2 is 2.05 bits per heavy atom. The molecule has 108 valence electrons. The van der Waals surface area contributed by atoms with Gasteiger partial charge in [-0.05, 0) is 28.1 Å². The summed E-state index contributed by atoms with van der Waals surface area (Å²) in [5.41, 5.74) is 1.46. The normalized spacial score (nSPS) is 11.0. The highest BCUT2D eigenvalue weighted by Gasteiger charge is 2.14. The summed E-state index contributed by atoms with van der Waals surface area (Å²) in [6.07, 6.45) is 0.667. The number of aryl methyl sites for hydroxylation is 1. The van der Waals surface area contributed by atoms with Crippen LogP contribution in [0.1, 0.15) is 23.4 Å². The van der Waals surface area contributed by atoms with E-state index in [0.717, 1.165) is 0 Å². The maximum Gasteiger partial charge on any atom is 0.323 e. The molecule has 2 heterocycles. The summed E-state index contributed by atoms with van der Waals surface area (Å²) in [5, 5.41) is 9.23. The summed E-state index contributed by atoms with van der Waals surface area (Å²) in [4.78, 5) is 32.7. The third-order valence-electron chi connectivity index (χ3n) is 2.92. The van der Waals surface area contributed by atoms with Gasteiger partial charge in [0.1, 0.15) is 5.82 Å². The molecule has 0 saturated heterocycles. The van der Waals surface area contributed by atoms with Crippen LogP contribution in [0.3, 0.4) is 0 Å². The Hall–Kier alpha value is -2.42. The van der Waals surface area contributed by atoms with Gasteiger partial charge in [-0.15, -0.1) is 5.10 Å². The number of hydrogen-bond donors (Lipinski definition) is 4. The van der Waals surface area contributed by atoms with Gasteiger partial charge in [-0.2, -0.15) is 0 Å². The Balaban J connectivity index is 1.91. The highest BCUT2D eigenvalue weighted by molar-refractivity contribution is 9.10. The van der Waals surface area contributed by atoms with Crippen molar-refractivity contribution in [3.8, 4) is 0 Å². The number of halogens is 1. The maximum absolute atomic E-state index is 12.1. The van der Waals surface area contributed by atoms with Gasteiger partial charge in [0.2, 0.25) is 5.82 Å². The highest BCUT2D eigenvalue weighted by Crippen LogP contribution is 2.26. The van der Waals surface area contributed by atoms with Crippen LogP contribution in [0.2, 0.25) is 0 Å². The zero-order valence-corrected chi connectivity index (χ0v) is 12.5. The van der Waals surface area contributed by atoms with E-state index < -0.39 is 5.91 Å². The fourth-order valence-corrected chi connectivity index (χ4v) is 2.33. The zero-order valence-electron chi connectivity index (χ0n) is 11.0. The molecule has 0 spiro atoms. The van der Waals surface area contributed by atoms with Crippen molar-refractivity contribution < 1.29 is 4.79 Å². The number of aromatic amines is 3. The van der Waals surface area contributed by atoms with Crippen LogP contribution in [-0.4, -0.2) is 31.1 Å². The van der Waals surface area contributed by atoms with Crippen LogP contribution in [0.5, 0.6) is 0 Å². The Bertz CT molecular complexity index is 877. The van der Waals surface area contributed by atoms with E-state index in [1.165, 1.54) is 0 Å². The van der Waals surface area contributed by atoms with Crippen molar-refractivity contribution in [3.63, 3.8) is 0 Å². The minimum absolute atomic E-state index is 0.0707. The fourth-order valence-electron chi connectivity index (χ4n) is 1.88. The second kappa shape index (κ2) is 5.17. The van der Waals surface area contributed by atoms with E-state index in [-0.39, 0.29) is 11.5 Å². The lowest BCUT2D eigenvalue weighted by atomic mass is 10.2. The molecule has 21 heavy (non-hydrogen) atoms. The van der Waals surface area contributed by atoms with Crippen molar-refractivity contribution in [1.29, 1.82) is 0 Å². The molecule has 0 fully saturated rings. The number of benzene rings is 1. The summed E-state index contributed by atoms with van der Waals surface area (Å²) < 4.78 is 0.643. The van der Waals surface area contributed by atoms with Gasteiger partial charge in [0.05, 0.1) is 16.7 Å². The minimum Gasteiger partial charge on any atom is -0.318 e. The number of amides is 1. The van der Waals surface area contributed by atoms with Crippen LogP contribution in [0.4, 0.5) is 5.69 Å². The first kappa shape index (κ1) is 13.6. The van der Waals surface area contributed by atoms with Gasteiger partial charge in [0.25, 0.3) is 5.91 Å². The number of hydrogen-bond acceptors (Lipinski definition) is 4. The summed E-state index contributed by atoms with van der Waals surface area (Å²) >= 11 is 3.35. The molecule has 0 radical (unpaired) electrons. The van der Waals surface area contributed by atoms with E-state index in [2.05, 4.69) is 46.4 Å². The molecule has 3 rings (SSSR count). The molecule has 2 aromatic heterocycles. The van der Waals surface area contributed by atoms with Gasteiger partial charge < -0.3 is 15.3 Å². The van der Waals surface area contributed by atoms with E-state index in [1.54, 1.807) is 12.1 Å². The smallest absolute Gasteiger partial charge is 0.318 e. The summed E-state index contributed by atoms with van der Waals surface area (Å²) in [6.45, 7) is 1.91. The van der Waals surface area contributed by atoms with Gasteiger partial charge in [0, 0.05) is 10.9 Å². The number of H-pyrrole nitrogens is 3. The summed E-state index contributed by atoms with van der Waals surface area (Å²) in [6, 6.07) is 3.36. The Labute approximate surface area is 126 Å². The number of carbonyl (C=O) groups is 1.